The number of carbonyl (C=O) groups excluding carboxylic acids is 1. The highest BCUT2D eigenvalue weighted by Gasteiger charge is 2.21. The fourth-order valence-corrected chi connectivity index (χ4v) is 3.01. The zero-order valence-corrected chi connectivity index (χ0v) is 13.8. The van der Waals surface area contributed by atoms with Gasteiger partial charge in [-0.05, 0) is 32.4 Å². The number of carboxylic acid groups (broad SMARTS) is 1. The van der Waals surface area contributed by atoms with Crippen LogP contribution in [0.3, 0.4) is 0 Å². The molecule has 8 nitrogen and oxygen atoms in total. The van der Waals surface area contributed by atoms with E-state index in [9.17, 15) is 13.2 Å². The molecule has 1 amide bonds. The Kier molecular flexibility index (Phi) is 10.8. The van der Waals surface area contributed by atoms with E-state index in [1.807, 2.05) is 0 Å². The SMILES string of the molecule is CCN1CCCCC1CNC(=O)CCCS(N)(=O)=O.O=CO. The second-order valence-electron chi connectivity index (χ2n) is 5.16. The number of hydrogen-bond acceptors (Lipinski definition) is 5. The van der Waals surface area contributed by atoms with Crippen LogP contribution in [-0.4, -0.2) is 62.2 Å². The van der Waals surface area contributed by atoms with Crippen LogP contribution in [0.4, 0.5) is 0 Å². The Morgan fingerprint density at radius 1 is 1.45 bits per heavy atom. The molecular formula is C13H27N3O5S. The monoisotopic (exact) mass is 337 g/mol. The number of nitrogens with two attached hydrogens (primary N) is 1. The van der Waals surface area contributed by atoms with Gasteiger partial charge in [-0.3, -0.25) is 14.5 Å². The van der Waals surface area contributed by atoms with Gasteiger partial charge in [0.2, 0.25) is 15.9 Å². The Labute approximate surface area is 132 Å². The molecule has 0 bridgehead atoms. The van der Waals surface area contributed by atoms with Gasteiger partial charge in [-0.1, -0.05) is 13.3 Å². The number of primary sulfonamides is 1. The van der Waals surface area contributed by atoms with E-state index in [1.54, 1.807) is 0 Å². The van der Waals surface area contributed by atoms with Crippen LogP contribution < -0.4 is 10.5 Å². The van der Waals surface area contributed by atoms with Crippen LogP contribution in [0.1, 0.15) is 39.0 Å². The number of sulfonamides is 1. The Morgan fingerprint density at radius 3 is 2.64 bits per heavy atom. The van der Waals surface area contributed by atoms with E-state index in [2.05, 4.69) is 17.1 Å². The Morgan fingerprint density at radius 2 is 2.09 bits per heavy atom. The second-order valence-corrected chi connectivity index (χ2v) is 6.89. The zero-order valence-electron chi connectivity index (χ0n) is 13.0. The van der Waals surface area contributed by atoms with Crippen molar-refractivity contribution in [3.8, 4) is 0 Å². The molecule has 0 aromatic carbocycles. The number of nitrogens with zero attached hydrogens (tertiary/aromatic N) is 1. The van der Waals surface area contributed by atoms with E-state index in [4.69, 9.17) is 15.0 Å². The summed E-state index contributed by atoms with van der Waals surface area (Å²) in [7, 11) is -3.46. The smallest absolute Gasteiger partial charge is 0.290 e. The molecule has 0 aliphatic carbocycles. The first-order valence-corrected chi connectivity index (χ1v) is 9.14. The fraction of sp³-hybridized carbons (Fsp3) is 0.846. The lowest BCUT2D eigenvalue weighted by molar-refractivity contribution is -0.123. The third-order valence-electron chi connectivity index (χ3n) is 3.52. The summed E-state index contributed by atoms with van der Waals surface area (Å²) in [6.45, 7) is 4.64. The minimum Gasteiger partial charge on any atom is -0.483 e. The lowest BCUT2D eigenvalue weighted by atomic mass is 10.0. The summed E-state index contributed by atoms with van der Waals surface area (Å²) in [6.07, 6.45) is 4.06. The lowest BCUT2D eigenvalue weighted by Gasteiger charge is -2.34. The summed E-state index contributed by atoms with van der Waals surface area (Å²) in [5.74, 6) is -0.226. The first-order chi connectivity index (χ1) is 10.3. The molecule has 1 heterocycles. The standard InChI is InChI=1S/C12H25N3O3S.CH2O2/c1-2-15-8-4-3-6-11(15)10-14-12(16)7-5-9-19(13,17)18;2-1-3/h11H,2-10H2,1H3,(H,14,16)(H2,13,17,18);1H,(H,2,3). The predicted octanol–water partition coefficient (Wildman–Crippen LogP) is -0.253. The van der Waals surface area contributed by atoms with Gasteiger partial charge in [0.05, 0.1) is 5.75 Å². The molecule has 1 rings (SSSR count). The molecule has 1 aliphatic rings. The molecule has 22 heavy (non-hydrogen) atoms. The van der Waals surface area contributed by atoms with Gasteiger partial charge >= 0.3 is 0 Å². The van der Waals surface area contributed by atoms with Crippen molar-refractivity contribution in [3.05, 3.63) is 0 Å². The van der Waals surface area contributed by atoms with E-state index in [-0.39, 0.29) is 31.0 Å². The van der Waals surface area contributed by atoms with Gasteiger partial charge in [-0.2, -0.15) is 0 Å². The number of likely N-dealkylation sites (tertiary alicyclic amines) is 1. The van der Waals surface area contributed by atoms with Crippen molar-refractivity contribution in [3.63, 3.8) is 0 Å². The van der Waals surface area contributed by atoms with Crippen molar-refractivity contribution in [2.24, 2.45) is 5.14 Å². The highest BCUT2D eigenvalue weighted by molar-refractivity contribution is 7.89. The van der Waals surface area contributed by atoms with E-state index in [0.717, 1.165) is 19.5 Å². The molecule has 1 unspecified atom stereocenters. The minimum absolute atomic E-state index is 0.0923. The number of likely N-dealkylation sites (N-methyl/N-ethyl adjacent to an activating group) is 1. The summed E-state index contributed by atoms with van der Waals surface area (Å²) in [6, 6.07) is 0.418. The van der Waals surface area contributed by atoms with Gasteiger partial charge in [0.25, 0.3) is 6.47 Å². The Bertz CT molecular complexity index is 427. The largest absolute Gasteiger partial charge is 0.483 e. The Hall–Kier alpha value is -1.19. The third-order valence-corrected chi connectivity index (χ3v) is 4.38. The van der Waals surface area contributed by atoms with E-state index >= 15 is 0 Å². The quantitative estimate of drug-likeness (QED) is 0.549. The van der Waals surface area contributed by atoms with Crippen molar-refractivity contribution in [1.82, 2.24) is 10.2 Å². The van der Waals surface area contributed by atoms with Gasteiger partial charge in [0.1, 0.15) is 0 Å². The molecule has 1 saturated heterocycles. The topological polar surface area (TPSA) is 130 Å². The molecule has 9 heteroatoms. The van der Waals surface area contributed by atoms with Gasteiger partial charge in [-0.15, -0.1) is 0 Å². The van der Waals surface area contributed by atoms with Crippen molar-refractivity contribution in [2.45, 2.75) is 45.1 Å². The van der Waals surface area contributed by atoms with Crippen molar-refractivity contribution >= 4 is 22.4 Å². The number of carbonyl (C=O) groups is 2. The Balaban J connectivity index is 0.00000135. The summed E-state index contributed by atoms with van der Waals surface area (Å²) >= 11 is 0. The average molecular weight is 337 g/mol. The molecule has 4 N–H and O–H groups in total. The molecule has 1 aliphatic heterocycles. The number of nitrogens with one attached hydrogen (secondary N) is 1. The number of amides is 1. The van der Waals surface area contributed by atoms with E-state index in [1.165, 1.54) is 12.8 Å². The van der Waals surface area contributed by atoms with Gasteiger partial charge in [-0.25, -0.2) is 13.6 Å². The van der Waals surface area contributed by atoms with Crippen molar-refractivity contribution in [1.29, 1.82) is 0 Å². The van der Waals surface area contributed by atoms with Gasteiger partial charge in [0.15, 0.2) is 0 Å². The van der Waals surface area contributed by atoms with Crippen LogP contribution in [0.15, 0.2) is 0 Å². The van der Waals surface area contributed by atoms with Gasteiger partial charge in [0, 0.05) is 19.0 Å². The molecule has 0 aromatic heterocycles. The van der Waals surface area contributed by atoms with Gasteiger partial charge < -0.3 is 10.4 Å². The first kappa shape index (κ1) is 20.8. The van der Waals surface area contributed by atoms with Crippen LogP contribution in [0.25, 0.3) is 0 Å². The molecule has 0 aromatic rings. The van der Waals surface area contributed by atoms with Crippen LogP contribution >= 0.6 is 0 Å². The number of piperidine rings is 1. The predicted molar refractivity (Wildman–Crippen MR) is 83.8 cm³/mol. The third kappa shape index (κ3) is 10.5. The molecule has 0 radical (unpaired) electrons. The molecule has 1 atom stereocenters. The van der Waals surface area contributed by atoms with Crippen LogP contribution in [0, 0.1) is 0 Å². The molecule has 0 spiro atoms. The second kappa shape index (κ2) is 11.4. The molecule has 1 fully saturated rings. The highest BCUT2D eigenvalue weighted by atomic mass is 32.2. The molecule has 0 saturated carbocycles. The lowest BCUT2D eigenvalue weighted by Crippen LogP contribution is -2.46. The van der Waals surface area contributed by atoms with Crippen LogP contribution in [0.5, 0.6) is 0 Å². The zero-order chi connectivity index (χ0) is 17.0. The molecular weight excluding hydrogens is 310 g/mol. The maximum atomic E-state index is 11.6. The highest BCUT2D eigenvalue weighted by Crippen LogP contribution is 2.15. The maximum absolute atomic E-state index is 11.6. The number of rotatable bonds is 7. The van der Waals surface area contributed by atoms with Crippen molar-refractivity contribution in [2.75, 3.05) is 25.4 Å². The first-order valence-electron chi connectivity index (χ1n) is 7.43. The normalized spacial score (nSPS) is 18.9. The van der Waals surface area contributed by atoms with Crippen LogP contribution in [0.2, 0.25) is 0 Å². The summed E-state index contributed by atoms with van der Waals surface area (Å²) in [5, 5.41) is 14.7. The van der Waals surface area contributed by atoms with E-state index < -0.39 is 10.0 Å². The maximum Gasteiger partial charge on any atom is 0.290 e. The average Bonchev–Trinajstić information content (AvgIpc) is 2.45. The van der Waals surface area contributed by atoms with Crippen molar-refractivity contribution < 1.29 is 23.1 Å². The summed E-state index contributed by atoms with van der Waals surface area (Å²) in [5.41, 5.74) is 0. The van der Waals surface area contributed by atoms with E-state index in [0.29, 0.717) is 12.6 Å². The minimum atomic E-state index is -3.46. The summed E-state index contributed by atoms with van der Waals surface area (Å²) < 4.78 is 21.5. The summed E-state index contributed by atoms with van der Waals surface area (Å²) in [4.78, 5) is 22.3. The fourth-order valence-electron chi connectivity index (χ4n) is 2.46. The number of hydrogen-bond donors (Lipinski definition) is 3. The van der Waals surface area contributed by atoms with Crippen LogP contribution in [-0.2, 0) is 19.6 Å². The molecule has 130 valence electrons.